The molecule has 3 nitrogen and oxygen atoms in total. The number of carboxylic acid groups (broad SMARTS) is 1. The van der Waals surface area contributed by atoms with Gasteiger partial charge in [-0.25, -0.2) is 4.39 Å². The van der Waals surface area contributed by atoms with Crippen LogP contribution in [0.4, 0.5) is 4.39 Å². The van der Waals surface area contributed by atoms with Crippen LogP contribution in [0.5, 0.6) is 5.75 Å². The van der Waals surface area contributed by atoms with Gasteiger partial charge in [0.1, 0.15) is 0 Å². The summed E-state index contributed by atoms with van der Waals surface area (Å²) < 4.78 is 18.8. The largest absolute Gasteiger partial charge is 0.493 e. The zero-order chi connectivity index (χ0) is 11.6. The minimum Gasteiger partial charge on any atom is -0.493 e. The molecule has 0 spiro atoms. The van der Waals surface area contributed by atoms with Crippen LogP contribution in [0.15, 0.2) is 10.5 Å². The summed E-state index contributed by atoms with van der Waals surface area (Å²) in [7, 11) is 1.31. The van der Waals surface area contributed by atoms with Crippen LogP contribution in [0.1, 0.15) is 11.1 Å². The van der Waals surface area contributed by atoms with Gasteiger partial charge in [0.05, 0.1) is 13.5 Å². The van der Waals surface area contributed by atoms with Gasteiger partial charge in [-0.05, 0) is 18.6 Å². The van der Waals surface area contributed by atoms with Gasteiger partial charge in [0.15, 0.2) is 11.6 Å². The molecule has 1 aromatic rings. The van der Waals surface area contributed by atoms with Crippen LogP contribution in [-0.2, 0) is 11.2 Å². The minimum absolute atomic E-state index is 0.0186. The Bertz CT molecular complexity index is 404. The highest BCUT2D eigenvalue weighted by atomic mass is 79.9. The van der Waals surface area contributed by atoms with E-state index in [4.69, 9.17) is 9.84 Å². The zero-order valence-electron chi connectivity index (χ0n) is 8.30. The Hall–Kier alpha value is -1.10. The van der Waals surface area contributed by atoms with Crippen molar-refractivity contribution < 1.29 is 19.0 Å². The van der Waals surface area contributed by atoms with Crippen molar-refractivity contribution in [1.82, 2.24) is 0 Å². The summed E-state index contributed by atoms with van der Waals surface area (Å²) in [5.74, 6) is -1.59. The van der Waals surface area contributed by atoms with Crippen molar-refractivity contribution in [2.45, 2.75) is 13.3 Å². The molecule has 15 heavy (non-hydrogen) atoms. The Morgan fingerprint density at radius 1 is 1.67 bits per heavy atom. The van der Waals surface area contributed by atoms with Gasteiger partial charge in [0.2, 0.25) is 0 Å². The molecule has 0 aliphatic heterocycles. The van der Waals surface area contributed by atoms with Gasteiger partial charge in [0, 0.05) is 10.0 Å². The van der Waals surface area contributed by atoms with Gasteiger partial charge in [-0.1, -0.05) is 15.9 Å². The number of methoxy groups -OCH3 is 1. The van der Waals surface area contributed by atoms with E-state index in [0.29, 0.717) is 15.6 Å². The van der Waals surface area contributed by atoms with Crippen molar-refractivity contribution in [3.8, 4) is 5.75 Å². The number of ether oxygens (including phenoxy) is 1. The summed E-state index contributed by atoms with van der Waals surface area (Å²) in [4.78, 5) is 10.6. The number of aliphatic carboxylic acids is 1. The van der Waals surface area contributed by atoms with E-state index in [9.17, 15) is 9.18 Å². The molecule has 0 aromatic heterocycles. The summed E-state index contributed by atoms with van der Waals surface area (Å²) in [5.41, 5.74) is 0.965. The smallest absolute Gasteiger partial charge is 0.308 e. The first kappa shape index (κ1) is 12.0. The first-order valence-electron chi connectivity index (χ1n) is 4.20. The van der Waals surface area contributed by atoms with Gasteiger partial charge in [-0.15, -0.1) is 0 Å². The molecule has 0 radical (unpaired) electrons. The number of rotatable bonds is 3. The normalized spacial score (nSPS) is 10.1. The molecule has 0 amide bonds. The van der Waals surface area contributed by atoms with Gasteiger partial charge < -0.3 is 9.84 Å². The van der Waals surface area contributed by atoms with Gasteiger partial charge in [-0.2, -0.15) is 0 Å². The summed E-state index contributed by atoms with van der Waals surface area (Å²) in [5, 5.41) is 8.69. The highest BCUT2D eigenvalue weighted by molar-refractivity contribution is 9.10. The van der Waals surface area contributed by atoms with Crippen LogP contribution in [0.3, 0.4) is 0 Å². The average Bonchev–Trinajstić information content (AvgIpc) is 2.13. The van der Waals surface area contributed by atoms with E-state index in [1.165, 1.54) is 13.2 Å². The zero-order valence-corrected chi connectivity index (χ0v) is 9.89. The molecular formula is C10H10BrFO3. The summed E-state index contributed by atoms with van der Waals surface area (Å²) in [6.07, 6.45) is -0.275. The molecule has 0 atom stereocenters. The third-order valence-corrected chi connectivity index (χ3v) is 3.08. The van der Waals surface area contributed by atoms with E-state index in [1.54, 1.807) is 6.92 Å². The Morgan fingerprint density at radius 3 is 2.73 bits per heavy atom. The Kier molecular flexibility index (Phi) is 3.68. The van der Waals surface area contributed by atoms with E-state index in [0.717, 1.165) is 0 Å². The van der Waals surface area contributed by atoms with E-state index >= 15 is 0 Å². The number of hydrogen-bond acceptors (Lipinski definition) is 2. The summed E-state index contributed by atoms with van der Waals surface area (Å²) in [6, 6.07) is 1.30. The second-order valence-electron chi connectivity index (χ2n) is 3.07. The van der Waals surface area contributed by atoms with Crippen LogP contribution in [0, 0.1) is 12.7 Å². The van der Waals surface area contributed by atoms with E-state index < -0.39 is 11.8 Å². The highest BCUT2D eigenvalue weighted by Crippen LogP contribution is 2.33. The molecular weight excluding hydrogens is 267 g/mol. The number of carbonyl (C=O) groups is 1. The number of hydrogen-bond donors (Lipinski definition) is 1. The maximum atomic E-state index is 13.4. The van der Waals surface area contributed by atoms with Crippen molar-refractivity contribution in [1.29, 1.82) is 0 Å². The molecule has 5 heteroatoms. The molecule has 1 N–H and O–H groups in total. The van der Waals surface area contributed by atoms with Crippen molar-refractivity contribution in [3.05, 3.63) is 27.5 Å². The van der Waals surface area contributed by atoms with Gasteiger partial charge in [-0.3, -0.25) is 4.79 Å². The van der Waals surface area contributed by atoms with Crippen LogP contribution < -0.4 is 4.74 Å². The Balaban J connectivity index is 3.36. The van der Waals surface area contributed by atoms with Gasteiger partial charge in [0.25, 0.3) is 0 Å². The van der Waals surface area contributed by atoms with Crippen molar-refractivity contribution in [3.63, 3.8) is 0 Å². The minimum atomic E-state index is -1.03. The van der Waals surface area contributed by atoms with Crippen LogP contribution >= 0.6 is 15.9 Å². The monoisotopic (exact) mass is 276 g/mol. The molecule has 0 heterocycles. The fourth-order valence-corrected chi connectivity index (χ4v) is 1.77. The Labute approximate surface area is 95.0 Å². The summed E-state index contributed by atoms with van der Waals surface area (Å²) in [6.45, 7) is 1.69. The lowest BCUT2D eigenvalue weighted by molar-refractivity contribution is -0.136. The Morgan fingerprint density at radius 2 is 2.27 bits per heavy atom. The average molecular weight is 277 g/mol. The van der Waals surface area contributed by atoms with Crippen molar-refractivity contribution in [2.75, 3.05) is 7.11 Å². The predicted molar refractivity (Wildman–Crippen MR) is 56.7 cm³/mol. The first-order valence-corrected chi connectivity index (χ1v) is 5.00. The number of carboxylic acids is 1. The van der Waals surface area contributed by atoms with E-state index in [1.807, 2.05) is 0 Å². The topological polar surface area (TPSA) is 46.5 Å². The second-order valence-corrected chi connectivity index (χ2v) is 3.86. The van der Waals surface area contributed by atoms with Crippen molar-refractivity contribution >= 4 is 21.9 Å². The van der Waals surface area contributed by atoms with E-state index in [-0.39, 0.29) is 12.2 Å². The maximum absolute atomic E-state index is 13.4. The SMILES string of the molecule is COc1c(F)cc(C)c(Br)c1CC(=O)O. The lowest BCUT2D eigenvalue weighted by Crippen LogP contribution is -2.05. The predicted octanol–water partition coefficient (Wildman–Crippen LogP) is 2.53. The molecule has 1 aromatic carbocycles. The van der Waals surface area contributed by atoms with Crippen LogP contribution in [-0.4, -0.2) is 18.2 Å². The highest BCUT2D eigenvalue weighted by Gasteiger charge is 2.17. The van der Waals surface area contributed by atoms with Crippen LogP contribution in [0.25, 0.3) is 0 Å². The number of benzene rings is 1. The second kappa shape index (κ2) is 4.61. The molecule has 0 saturated heterocycles. The van der Waals surface area contributed by atoms with Gasteiger partial charge >= 0.3 is 5.97 Å². The number of halogens is 2. The molecule has 0 aliphatic carbocycles. The van der Waals surface area contributed by atoms with E-state index in [2.05, 4.69) is 15.9 Å². The fraction of sp³-hybridized carbons (Fsp3) is 0.300. The number of aryl methyl sites for hydroxylation is 1. The maximum Gasteiger partial charge on any atom is 0.308 e. The lowest BCUT2D eigenvalue weighted by Gasteiger charge is -2.12. The van der Waals surface area contributed by atoms with Crippen molar-refractivity contribution in [2.24, 2.45) is 0 Å². The molecule has 0 fully saturated rings. The third-order valence-electron chi connectivity index (χ3n) is 1.98. The lowest BCUT2D eigenvalue weighted by atomic mass is 10.1. The molecule has 0 bridgehead atoms. The fourth-order valence-electron chi connectivity index (χ4n) is 1.33. The molecule has 82 valence electrons. The molecule has 1 rings (SSSR count). The van der Waals surface area contributed by atoms with Crippen LogP contribution in [0.2, 0.25) is 0 Å². The third kappa shape index (κ3) is 2.47. The molecule has 0 unspecified atom stereocenters. The standard InChI is InChI=1S/C10H10BrFO3/c1-5-3-7(12)10(15-2)6(9(5)11)4-8(13)14/h3H,4H2,1-2H3,(H,13,14). The quantitative estimate of drug-likeness (QED) is 0.923. The first-order chi connectivity index (χ1) is 6.97. The molecule has 0 saturated carbocycles. The summed E-state index contributed by atoms with van der Waals surface area (Å²) >= 11 is 3.22. The molecule has 0 aliphatic rings.